The van der Waals surface area contributed by atoms with Crippen LogP contribution in [0.25, 0.3) is 28.5 Å². The van der Waals surface area contributed by atoms with E-state index in [0.29, 0.717) is 54.8 Å². The summed E-state index contributed by atoms with van der Waals surface area (Å²) in [6, 6.07) is 7.86. The molecule has 10 nitrogen and oxygen atoms in total. The molecule has 5 aromatic rings. The topological polar surface area (TPSA) is 127 Å². The van der Waals surface area contributed by atoms with Gasteiger partial charge in [0.1, 0.15) is 28.5 Å². The zero-order valence-electron chi connectivity index (χ0n) is 20.6. The number of anilines is 2. The summed E-state index contributed by atoms with van der Waals surface area (Å²) in [5, 5.41) is 3.29. The Kier molecular flexibility index (Phi) is 6.95. The van der Waals surface area contributed by atoms with Crippen LogP contribution >= 0.6 is 34.8 Å². The van der Waals surface area contributed by atoms with E-state index in [0.717, 1.165) is 5.56 Å². The van der Waals surface area contributed by atoms with Gasteiger partial charge in [0.05, 0.1) is 16.4 Å². The summed E-state index contributed by atoms with van der Waals surface area (Å²) in [5.74, 6) is 0.102. The third-order valence-electron chi connectivity index (χ3n) is 6.67. The number of rotatable bonds is 5. The van der Waals surface area contributed by atoms with Gasteiger partial charge >= 0.3 is 5.84 Å². The molecule has 1 saturated heterocycles. The Morgan fingerprint density at radius 3 is 2.55 bits per heavy atom. The Labute approximate surface area is 241 Å². The van der Waals surface area contributed by atoms with E-state index in [1.54, 1.807) is 39.9 Å². The van der Waals surface area contributed by atoms with Crippen LogP contribution in [0.15, 0.2) is 53.4 Å². The molecule has 0 radical (unpaired) electrons. The molecule has 0 unspecified atom stereocenters. The van der Waals surface area contributed by atoms with Crippen LogP contribution in [0.3, 0.4) is 0 Å². The molecule has 6 rings (SSSR count). The number of imidazole rings is 1. The molecule has 1 aliphatic rings. The van der Waals surface area contributed by atoms with Crippen LogP contribution < -0.4 is 11.1 Å². The smallest absolute Gasteiger partial charge is 0.306 e. The Morgan fingerprint density at radius 1 is 1.05 bits per heavy atom. The first-order chi connectivity index (χ1) is 19.3. The van der Waals surface area contributed by atoms with E-state index in [1.165, 1.54) is 18.4 Å². The van der Waals surface area contributed by atoms with Gasteiger partial charge in [0.2, 0.25) is 5.95 Å². The van der Waals surface area contributed by atoms with Gasteiger partial charge in [-0.05, 0) is 43.2 Å². The van der Waals surface area contributed by atoms with Crippen LogP contribution in [0.2, 0.25) is 15.2 Å². The van der Waals surface area contributed by atoms with Crippen molar-refractivity contribution < 1.29 is 13.6 Å². The summed E-state index contributed by atoms with van der Waals surface area (Å²) in [5.41, 5.74) is 8.48. The van der Waals surface area contributed by atoms with Gasteiger partial charge in [0, 0.05) is 37.1 Å². The summed E-state index contributed by atoms with van der Waals surface area (Å²) >= 11 is 18.2. The van der Waals surface area contributed by atoms with E-state index in [-0.39, 0.29) is 44.3 Å². The molecule has 40 heavy (non-hydrogen) atoms. The highest BCUT2D eigenvalue weighted by Gasteiger charge is 2.28. The zero-order chi connectivity index (χ0) is 28.0. The van der Waals surface area contributed by atoms with Gasteiger partial charge in [-0.15, -0.1) is 0 Å². The second-order valence-electron chi connectivity index (χ2n) is 9.14. The van der Waals surface area contributed by atoms with E-state index in [4.69, 9.17) is 49.9 Å². The largest absolute Gasteiger partial charge is 0.432 e. The normalized spacial score (nSPS) is 14.2. The third-order valence-corrected chi connectivity index (χ3v) is 7.80. The number of carbonyl (C=O) groups excluding carboxylic acids is 1. The minimum absolute atomic E-state index is 0.0116. The van der Waals surface area contributed by atoms with Gasteiger partial charge in [-0.25, -0.2) is 19.3 Å². The number of fused-ring (bicyclic) bond motifs is 1. The molecule has 14 heteroatoms. The van der Waals surface area contributed by atoms with E-state index in [1.807, 2.05) is 0 Å². The monoisotopic (exact) mass is 600 g/mol. The number of oxazole rings is 1. The Hall–Kier alpha value is -3.93. The molecule has 0 aliphatic carbocycles. The second-order valence-corrected chi connectivity index (χ2v) is 10.3. The molecule has 1 fully saturated rings. The van der Waals surface area contributed by atoms with E-state index in [9.17, 15) is 9.18 Å². The Balaban J connectivity index is 1.19. The fourth-order valence-electron chi connectivity index (χ4n) is 4.63. The Bertz CT molecular complexity index is 1730. The van der Waals surface area contributed by atoms with E-state index < -0.39 is 0 Å². The zero-order valence-corrected chi connectivity index (χ0v) is 22.9. The van der Waals surface area contributed by atoms with Crippen molar-refractivity contribution in [3.63, 3.8) is 0 Å². The SMILES string of the molecule is Nc1c(Cl)c(Cl)nc(C(=O)N2CCC(Nc3nccc(-c4c(-c5ccc(F)cc5)nc5occn45)n3)CC2)c1Cl. The van der Waals surface area contributed by atoms with Gasteiger partial charge in [0.15, 0.2) is 10.8 Å². The maximum Gasteiger partial charge on any atom is 0.306 e. The molecule has 0 spiro atoms. The Morgan fingerprint density at radius 2 is 1.80 bits per heavy atom. The summed E-state index contributed by atoms with van der Waals surface area (Å²) in [7, 11) is 0. The molecule has 0 bridgehead atoms. The van der Waals surface area contributed by atoms with Crippen molar-refractivity contribution >= 4 is 58.2 Å². The average Bonchev–Trinajstić information content (AvgIpc) is 3.56. The minimum atomic E-state index is -0.370. The summed E-state index contributed by atoms with van der Waals surface area (Å²) in [6.45, 7) is 0.892. The van der Waals surface area contributed by atoms with Gasteiger partial charge in [-0.1, -0.05) is 34.8 Å². The number of nitrogens with one attached hydrogen (secondary N) is 1. The number of halogens is 4. The van der Waals surface area contributed by atoms with E-state index >= 15 is 0 Å². The lowest BCUT2D eigenvalue weighted by Crippen LogP contribution is -2.43. The number of nitrogens with zero attached hydrogens (tertiary/aromatic N) is 6. The average molecular weight is 602 g/mol. The summed E-state index contributed by atoms with van der Waals surface area (Å²) in [4.78, 5) is 32.5. The van der Waals surface area contributed by atoms with Crippen LogP contribution in [0, 0.1) is 5.82 Å². The third kappa shape index (κ3) is 4.80. The number of nitrogens with two attached hydrogens (primary N) is 1. The highest BCUT2D eigenvalue weighted by atomic mass is 35.5. The number of likely N-dealkylation sites (tertiary alicyclic amines) is 1. The number of pyridine rings is 1. The predicted molar refractivity (Wildman–Crippen MR) is 150 cm³/mol. The van der Waals surface area contributed by atoms with Crippen LogP contribution in [-0.4, -0.2) is 54.3 Å². The number of benzene rings is 1. The van der Waals surface area contributed by atoms with Crippen LogP contribution in [0.5, 0.6) is 0 Å². The lowest BCUT2D eigenvalue weighted by molar-refractivity contribution is 0.0712. The van der Waals surface area contributed by atoms with E-state index in [2.05, 4.69) is 20.3 Å². The molecule has 4 aromatic heterocycles. The number of hydrogen-bond acceptors (Lipinski definition) is 8. The maximum atomic E-state index is 13.5. The van der Waals surface area contributed by atoms with Crippen LogP contribution in [0.1, 0.15) is 23.3 Å². The van der Waals surface area contributed by atoms with Gasteiger partial charge in [0.25, 0.3) is 5.91 Å². The number of amides is 1. The number of aromatic nitrogens is 5. The van der Waals surface area contributed by atoms with Crippen molar-refractivity contribution in [2.75, 3.05) is 24.1 Å². The first-order valence-electron chi connectivity index (χ1n) is 12.2. The molecular weight excluding hydrogens is 582 g/mol. The first kappa shape index (κ1) is 26.3. The lowest BCUT2D eigenvalue weighted by Gasteiger charge is -2.32. The predicted octanol–water partition coefficient (Wildman–Crippen LogP) is 5.84. The number of carbonyl (C=O) groups is 1. The molecular formula is C26H20Cl3FN8O2. The van der Waals surface area contributed by atoms with Gasteiger partial charge in [-0.3, -0.25) is 9.20 Å². The summed E-state index contributed by atoms with van der Waals surface area (Å²) in [6.07, 6.45) is 6.19. The molecule has 1 aromatic carbocycles. The van der Waals surface area contributed by atoms with Crippen LogP contribution in [-0.2, 0) is 0 Å². The number of piperidine rings is 1. The van der Waals surface area contributed by atoms with Crippen molar-refractivity contribution in [3.05, 3.63) is 75.7 Å². The molecule has 1 aliphatic heterocycles. The fraction of sp³-hybridized carbons (Fsp3) is 0.192. The van der Waals surface area contributed by atoms with Crippen molar-refractivity contribution in [1.29, 1.82) is 0 Å². The number of hydrogen-bond donors (Lipinski definition) is 2. The standard InChI is InChI=1S/C26H20Cl3FN8O2/c27-17-19(31)18(28)23(29)35-21(17)24(39)37-9-6-15(7-10-37)33-25-32-8-5-16(34-25)22-20(13-1-3-14(30)4-2-13)36-26-38(22)11-12-40-26/h1-5,8,11-12,15H,6-7,9-10H2,(H2,31,35)(H,32,33,34). The van der Waals surface area contributed by atoms with Gasteiger partial charge in [-0.2, -0.15) is 4.98 Å². The lowest BCUT2D eigenvalue weighted by atomic mass is 10.0. The molecule has 204 valence electrons. The van der Waals surface area contributed by atoms with Crippen molar-refractivity contribution in [2.24, 2.45) is 0 Å². The second kappa shape index (κ2) is 10.6. The molecule has 5 heterocycles. The highest BCUT2D eigenvalue weighted by molar-refractivity contribution is 6.46. The minimum Gasteiger partial charge on any atom is -0.432 e. The fourth-order valence-corrected chi connectivity index (χ4v) is 5.22. The van der Waals surface area contributed by atoms with Crippen molar-refractivity contribution in [1.82, 2.24) is 29.2 Å². The number of nitrogen functional groups attached to an aromatic ring is 1. The summed E-state index contributed by atoms with van der Waals surface area (Å²) < 4.78 is 20.8. The molecule has 0 atom stereocenters. The van der Waals surface area contributed by atoms with Crippen LogP contribution in [0.4, 0.5) is 16.0 Å². The van der Waals surface area contributed by atoms with Gasteiger partial charge < -0.3 is 20.4 Å². The first-order valence-corrected chi connectivity index (χ1v) is 13.3. The maximum absolute atomic E-state index is 13.5. The highest BCUT2D eigenvalue weighted by Crippen LogP contribution is 2.35. The van der Waals surface area contributed by atoms with Crippen molar-refractivity contribution in [2.45, 2.75) is 18.9 Å². The molecule has 0 saturated carbocycles. The molecule has 1 amide bonds. The molecule has 3 N–H and O–H groups in total. The van der Waals surface area contributed by atoms with Crippen molar-refractivity contribution in [3.8, 4) is 22.6 Å². The quantitative estimate of drug-likeness (QED) is 0.240.